The molecule has 0 saturated carbocycles. The highest BCUT2D eigenvalue weighted by atomic mass is 16.5. The molecule has 2 aromatic heterocycles. The number of aryl methyl sites for hydroxylation is 3. The standard InChI is InChI=1S/C24H25N5O2/c1-17-12-18(2)14-21(13-17)31-16-29-10-8-22(26-29)24(30)25-23-9-11-28(27-23)15-20-7-5-4-6-19(20)3/h4-14H,15-16H2,1-3H3,(H,25,27,30). The number of hydrogen-bond donors (Lipinski definition) is 1. The molecule has 0 unspecified atom stereocenters. The summed E-state index contributed by atoms with van der Waals surface area (Å²) in [6.45, 7) is 6.99. The Hall–Kier alpha value is -3.87. The first-order chi connectivity index (χ1) is 15.0. The second-order valence-corrected chi connectivity index (χ2v) is 7.62. The summed E-state index contributed by atoms with van der Waals surface area (Å²) in [6, 6.07) is 17.6. The van der Waals surface area contributed by atoms with Crippen molar-refractivity contribution in [2.24, 2.45) is 0 Å². The van der Waals surface area contributed by atoms with E-state index in [1.165, 1.54) is 11.1 Å². The maximum Gasteiger partial charge on any atom is 0.277 e. The van der Waals surface area contributed by atoms with Crippen molar-refractivity contribution >= 4 is 11.7 Å². The molecule has 31 heavy (non-hydrogen) atoms. The van der Waals surface area contributed by atoms with E-state index in [2.05, 4.69) is 40.6 Å². The van der Waals surface area contributed by atoms with Gasteiger partial charge < -0.3 is 10.1 Å². The quantitative estimate of drug-likeness (QED) is 0.487. The molecule has 2 aromatic carbocycles. The van der Waals surface area contributed by atoms with E-state index in [4.69, 9.17) is 4.74 Å². The lowest BCUT2D eigenvalue weighted by atomic mass is 10.1. The summed E-state index contributed by atoms with van der Waals surface area (Å²) in [5, 5.41) is 11.5. The molecule has 0 atom stereocenters. The average Bonchev–Trinajstić information content (AvgIpc) is 3.37. The first-order valence-corrected chi connectivity index (χ1v) is 10.1. The predicted octanol–water partition coefficient (Wildman–Crippen LogP) is 4.34. The second-order valence-electron chi connectivity index (χ2n) is 7.62. The normalized spacial score (nSPS) is 10.8. The molecular weight excluding hydrogens is 390 g/mol. The zero-order valence-electron chi connectivity index (χ0n) is 17.9. The summed E-state index contributed by atoms with van der Waals surface area (Å²) in [5.74, 6) is 0.948. The first kappa shape index (κ1) is 20.4. The Morgan fingerprint density at radius 2 is 1.68 bits per heavy atom. The molecule has 2 heterocycles. The van der Waals surface area contributed by atoms with Gasteiger partial charge in [-0.05, 0) is 61.2 Å². The first-order valence-electron chi connectivity index (χ1n) is 10.1. The molecular formula is C24H25N5O2. The fourth-order valence-electron chi connectivity index (χ4n) is 3.37. The van der Waals surface area contributed by atoms with Gasteiger partial charge in [0.2, 0.25) is 0 Å². The van der Waals surface area contributed by atoms with Gasteiger partial charge in [-0.15, -0.1) is 0 Å². The highest BCUT2D eigenvalue weighted by Crippen LogP contribution is 2.17. The van der Waals surface area contributed by atoms with Gasteiger partial charge in [0, 0.05) is 18.5 Å². The van der Waals surface area contributed by atoms with Gasteiger partial charge in [-0.3, -0.25) is 9.48 Å². The van der Waals surface area contributed by atoms with Crippen LogP contribution in [-0.2, 0) is 13.3 Å². The summed E-state index contributed by atoms with van der Waals surface area (Å²) in [4.78, 5) is 12.5. The Labute approximate surface area is 181 Å². The number of aromatic nitrogens is 4. The molecule has 0 bridgehead atoms. The summed E-state index contributed by atoms with van der Waals surface area (Å²) in [7, 11) is 0. The van der Waals surface area contributed by atoms with E-state index in [1.54, 1.807) is 27.7 Å². The van der Waals surface area contributed by atoms with Gasteiger partial charge >= 0.3 is 0 Å². The topological polar surface area (TPSA) is 74.0 Å². The monoisotopic (exact) mass is 415 g/mol. The van der Waals surface area contributed by atoms with E-state index in [-0.39, 0.29) is 12.6 Å². The zero-order valence-corrected chi connectivity index (χ0v) is 17.9. The number of ether oxygens (including phenoxy) is 1. The third-order valence-corrected chi connectivity index (χ3v) is 4.91. The molecule has 7 nitrogen and oxygen atoms in total. The zero-order chi connectivity index (χ0) is 21.8. The van der Waals surface area contributed by atoms with Gasteiger partial charge in [0.05, 0.1) is 6.54 Å². The Morgan fingerprint density at radius 3 is 2.45 bits per heavy atom. The number of carbonyl (C=O) groups excluding carboxylic acids is 1. The van der Waals surface area contributed by atoms with Crippen LogP contribution in [0.4, 0.5) is 5.82 Å². The second kappa shape index (κ2) is 8.87. The lowest BCUT2D eigenvalue weighted by Crippen LogP contribution is -2.15. The van der Waals surface area contributed by atoms with Crippen molar-refractivity contribution in [2.75, 3.05) is 5.32 Å². The van der Waals surface area contributed by atoms with Gasteiger partial charge in [0.15, 0.2) is 18.2 Å². The Balaban J connectivity index is 1.35. The maximum absolute atomic E-state index is 12.5. The smallest absolute Gasteiger partial charge is 0.277 e. The summed E-state index contributed by atoms with van der Waals surface area (Å²) in [6.07, 6.45) is 3.56. The van der Waals surface area contributed by atoms with Crippen molar-refractivity contribution in [1.82, 2.24) is 19.6 Å². The van der Waals surface area contributed by atoms with E-state index >= 15 is 0 Å². The summed E-state index contributed by atoms with van der Waals surface area (Å²) >= 11 is 0. The van der Waals surface area contributed by atoms with Crippen LogP contribution in [0.3, 0.4) is 0 Å². The molecule has 1 amide bonds. The van der Waals surface area contributed by atoms with Crippen molar-refractivity contribution < 1.29 is 9.53 Å². The third-order valence-electron chi connectivity index (χ3n) is 4.91. The van der Waals surface area contributed by atoms with Crippen LogP contribution in [0.25, 0.3) is 0 Å². The van der Waals surface area contributed by atoms with Crippen LogP contribution in [0.5, 0.6) is 5.75 Å². The van der Waals surface area contributed by atoms with E-state index in [9.17, 15) is 4.79 Å². The van der Waals surface area contributed by atoms with Gasteiger partial charge in [0.25, 0.3) is 5.91 Å². The maximum atomic E-state index is 12.5. The number of nitrogens with one attached hydrogen (secondary N) is 1. The lowest BCUT2D eigenvalue weighted by molar-refractivity contribution is 0.101. The van der Waals surface area contributed by atoms with Crippen LogP contribution in [0.1, 0.15) is 32.7 Å². The van der Waals surface area contributed by atoms with Gasteiger partial charge in [-0.1, -0.05) is 30.3 Å². The fourth-order valence-corrected chi connectivity index (χ4v) is 3.37. The van der Waals surface area contributed by atoms with Crippen LogP contribution in [0, 0.1) is 20.8 Å². The minimum Gasteiger partial charge on any atom is -0.471 e. The number of anilines is 1. The minimum atomic E-state index is -0.314. The molecule has 0 aliphatic heterocycles. The fraction of sp³-hybridized carbons (Fsp3) is 0.208. The van der Waals surface area contributed by atoms with Gasteiger partial charge in [-0.2, -0.15) is 10.2 Å². The number of nitrogens with zero attached hydrogens (tertiary/aromatic N) is 4. The van der Waals surface area contributed by atoms with Gasteiger partial charge in [0.1, 0.15) is 5.75 Å². The van der Waals surface area contributed by atoms with Crippen molar-refractivity contribution in [2.45, 2.75) is 34.0 Å². The number of carbonyl (C=O) groups is 1. The SMILES string of the molecule is Cc1cc(C)cc(OCn2ccc(C(=O)Nc3ccn(Cc4ccccc4C)n3)n2)c1. The van der Waals surface area contributed by atoms with Crippen LogP contribution in [0.15, 0.2) is 67.0 Å². The molecule has 0 aliphatic rings. The molecule has 0 radical (unpaired) electrons. The Morgan fingerprint density at radius 1 is 0.935 bits per heavy atom. The predicted molar refractivity (Wildman–Crippen MR) is 119 cm³/mol. The van der Waals surface area contributed by atoms with E-state index < -0.39 is 0 Å². The highest BCUT2D eigenvalue weighted by Gasteiger charge is 2.12. The van der Waals surface area contributed by atoms with Crippen molar-refractivity contribution in [3.8, 4) is 5.75 Å². The van der Waals surface area contributed by atoms with Gasteiger partial charge in [-0.25, -0.2) is 4.68 Å². The van der Waals surface area contributed by atoms with E-state index in [0.717, 1.165) is 16.9 Å². The largest absolute Gasteiger partial charge is 0.471 e. The van der Waals surface area contributed by atoms with Crippen molar-refractivity contribution in [1.29, 1.82) is 0 Å². The van der Waals surface area contributed by atoms with Crippen LogP contribution >= 0.6 is 0 Å². The van der Waals surface area contributed by atoms with E-state index in [0.29, 0.717) is 18.1 Å². The third kappa shape index (κ3) is 5.19. The van der Waals surface area contributed by atoms with E-state index in [1.807, 2.05) is 44.3 Å². The summed E-state index contributed by atoms with van der Waals surface area (Å²) < 4.78 is 9.17. The average molecular weight is 415 g/mol. The molecule has 0 fully saturated rings. The van der Waals surface area contributed by atoms with Crippen LogP contribution in [0.2, 0.25) is 0 Å². The van der Waals surface area contributed by atoms with Crippen molar-refractivity contribution in [3.05, 3.63) is 94.9 Å². The number of rotatable bonds is 7. The van der Waals surface area contributed by atoms with Crippen LogP contribution in [-0.4, -0.2) is 25.5 Å². The number of hydrogen-bond acceptors (Lipinski definition) is 4. The molecule has 4 rings (SSSR count). The molecule has 158 valence electrons. The lowest BCUT2D eigenvalue weighted by Gasteiger charge is -2.08. The molecule has 0 aliphatic carbocycles. The molecule has 0 spiro atoms. The van der Waals surface area contributed by atoms with Crippen molar-refractivity contribution in [3.63, 3.8) is 0 Å². The summed E-state index contributed by atoms with van der Waals surface area (Å²) in [5.41, 5.74) is 4.97. The minimum absolute atomic E-state index is 0.223. The number of benzene rings is 2. The molecule has 0 saturated heterocycles. The number of amides is 1. The van der Waals surface area contributed by atoms with Crippen LogP contribution < -0.4 is 10.1 Å². The Kier molecular flexibility index (Phi) is 5.84. The molecule has 4 aromatic rings. The molecule has 7 heteroatoms. The molecule has 1 N–H and O–H groups in total. The Bertz CT molecular complexity index is 1190. The highest BCUT2D eigenvalue weighted by molar-refractivity contribution is 6.02.